The van der Waals surface area contributed by atoms with Crippen molar-refractivity contribution in [1.82, 2.24) is 0 Å². The number of thioether (sulfide) groups is 2. The number of hydrogen-bond acceptors (Lipinski definition) is 6. The number of hydrazone groups is 1. The Hall–Kier alpha value is -0.720. The minimum atomic E-state index is -0.298. The Morgan fingerprint density at radius 1 is 1.33 bits per heavy atom. The summed E-state index contributed by atoms with van der Waals surface area (Å²) in [6.07, 6.45) is 0. The van der Waals surface area contributed by atoms with E-state index >= 15 is 0 Å². The van der Waals surface area contributed by atoms with Gasteiger partial charge in [-0.15, -0.1) is 4.91 Å². The van der Waals surface area contributed by atoms with E-state index in [1.54, 1.807) is 23.9 Å². The maximum Gasteiger partial charge on any atom is 0.158 e. The van der Waals surface area contributed by atoms with Gasteiger partial charge in [-0.1, -0.05) is 40.3 Å². The molecule has 0 radical (unpaired) electrons. The van der Waals surface area contributed by atoms with E-state index in [2.05, 4.69) is 15.7 Å². The van der Waals surface area contributed by atoms with Crippen LogP contribution >= 0.6 is 35.1 Å². The number of nitrogens with zero attached hydrogens (tertiary/aromatic N) is 2. The lowest BCUT2D eigenvalue weighted by molar-refractivity contribution is 0.689. The average Bonchev–Trinajstić information content (AvgIpc) is 2.63. The molecule has 1 heterocycles. The first-order valence-electron chi connectivity index (χ1n) is 5.29. The molecule has 0 aliphatic carbocycles. The van der Waals surface area contributed by atoms with E-state index in [0.29, 0.717) is 5.02 Å². The molecule has 1 unspecified atom stereocenters. The van der Waals surface area contributed by atoms with Crippen molar-refractivity contribution in [2.45, 2.75) is 24.0 Å². The SMILES string of the molecule is CC1(C)SC(=NNc2ccc(Cl)cc2)SC1N=O. The van der Waals surface area contributed by atoms with Crippen molar-refractivity contribution in [3.8, 4) is 0 Å². The van der Waals surface area contributed by atoms with E-state index in [1.165, 1.54) is 11.8 Å². The van der Waals surface area contributed by atoms with E-state index < -0.39 is 0 Å². The number of nitroso groups, excluding NO2 is 1. The summed E-state index contributed by atoms with van der Waals surface area (Å²) in [6, 6.07) is 7.27. The molecule has 1 aromatic carbocycles. The van der Waals surface area contributed by atoms with Gasteiger partial charge in [0.25, 0.3) is 0 Å². The van der Waals surface area contributed by atoms with Crippen LogP contribution in [0, 0.1) is 4.91 Å². The van der Waals surface area contributed by atoms with E-state index in [9.17, 15) is 4.91 Å². The standard InChI is InChI=1S/C11H12ClN3OS2/c1-11(2)9(15-16)17-10(18-11)14-13-8-5-3-7(12)4-6-8/h3-6,9,13H,1-2H3. The molecule has 0 spiro atoms. The highest BCUT2D eigenvalue weighted by atomic mass is 35.5. The molecule has 4 nitrogen and oxygen atoms in total. The Balaban J connectivity index is 2.03. The Labute approximate surface area is 119 Å². The maximum absolute atomic E-state index is 10.7. The molecule has 0 saturated carbocycles. The summed E-state index contributed by atoms with van der Waals surface area (Å²) in [7, 11) is 0. The summed E-state index contributed by atoms with van der Waals surface area (Å²) >= 11 is 8.73. The molecule has 1 saturated heterocycles. The molecule has 18 heavy (non-hydrogen) atoms. The zero-order valence-corrected chi connectivity index (χ0v) is 12.3. The molecule has 1 atom stereocenters. The fourth-order valence-corrected chi connectivity index (χ4v) is 4.20. The van der Waals surface area contributed by atoms with Crippen molar-refractivity contribution in [2.75, 3.05) is 5.43 Å². The van der Waals surface area contributed by atoms with Gasteiger partial charge in [0.1, 0.15) is 0 Å². The third-order valence-corrected chi connectivity index (χ3v) is 5.52. The lowest BCUT2D eigenvalue weighted by atomic mass is 10.2. The van der Waals surface area contributed by atoms with Crippen LogP contribution in [0.5, 0.6) is 0 Å². The number of nitrogens with one attached hydrogen (secondary N) is 1. The second kappa shape index (κ2) is 5.50. The summed E-state index contributed by atoms with van der Waals surface area (Å²) < 4.78 is 0.604. The molecule has 1 aromatic rings. The van der Waals surface area contributed by atoms with Gasteiger partial charge in [-0.3, -0.25) is 5.43 Å². The molecular formula is C11H12ClN3OS2. The van der Waals surface area contributed by atoms with E-state index in [0.717, 1.165) is 10.1 Å². The second-order valence-electron chi connectivity index (χ2n) is 4.28. The molecule has 96 valence electrons. The quantitative estimate of drug-likeness (QED) is 0.665. The summed E-state index contributed by atoms with van der Waals surface area (Å²) in [5, 5.41) is 7.78. The molecule has 0 aromatic heterocycles. The van der Waals surface area contributed by atoms with Gasteiger partial charge in [0.2, 0.25) is 0 Å². The normalized spacial score (nSPS) is 24.2. The second-order valence-corrected chi connectivity index (χ2v) is 7.68. The summed E-state index contributed by atoms with van der Waals surface area (Å²) in [6.45, 7) is 3.98. The minimum absolute atomic E-state index is 0.215. The predicted molar refractivity (Wildman–Crippen MR) is 81.4 cm³/mol. The van der Waals surface area contributed by atoms with Crippen LogP contribution in [0.1, 0.15) is 13.8 Å². The fraction of sp³-hybridized carbons (Fsp3) is 0.364. The van der Waals surface area contributed by atoms with Crippen molar-refractivity contribution in [2.24, 2.45) is 10.3 Å². The molecular weight excluding hydrogens is 290 g/mol. The maximum atomic E-state index is 10.7. The lowest BCUT2D eigenvalue weighted by Gasteiger charge is -2.16. The first kappa shape index (κ1) is 13.7. The number of hydrogen-bond donors (Lipinski definition) is 1. The highest BCUT2D eigenvalue weighted by molar-refractivity contribution is 8.42. The Bertz CT molecular complexity index is 476. The summed E-state index contributed by atoms with van der Waals surface area (Å²) in [4.78, 5) is 10.7. The lowest BCUT2D eigenvalue weighted by Crippen LogP contribution is -2.22. The van der Waals surface area contributed by atoms with Crippen molar-refractivity contribution in [3.63, 3.8) is 0 Å². The van der Waals surface area contributed by atoms with Crippen LogP contribution in [0.2, 0.25) is 5.02 Å². The van der Waals surface area contributed by atoms with Crippen molar-refractivity contribution < 1.29 is 0 Å². The molecule has 2 rings (SSSR count). The Morgan fingerprint density at radius 3 is 2.56 bits per heavy atom. The molecule has 0 amide bonds. The van der Waals surface area contributed by atoms with Crippen LogP contribution in [0.15, 0.2) is 34.5 Å². The predicted octanol–water partition coefficient (Wildman–Crippen LogP) is 4.37. The molecule has 1 N–H and O–H groups in total. The van der Waals surface area contributed by atoms with Crippen LogP contribution in [-0.4, -0.2) is 14.5 Å². The topological polar surface area (TPSA) is 53.8 Å². The molecule has 1 fully saturated rings. The molecule has 1 aliphatic heterocycles. The molecule has 0 bridgehead atoms. The van der Waals surface area contributed by atoms with Gasteiger partial charge in [-0.25, -0.2) is 0 Å². The van der Waals surface area contributed by atoms with Crippen molar-refractivity contribution in [3.05, 3.63) is 34.2 Å². The number of benzene rings is 1. The zero-order chi connectivity index (χ0) is 13.2. The van der Waals surface area contributed by atoms with Crippen LogP contribution in [-0.2, 0) is 0 Å². The minimum Gasteiger partial charge on any atom is -0.277 e. The Morgan fingerprint density at radius 2 is 2.00 bits per heavy atom. The van der Waals surface area contributed by atoms with E-state index in [4.69, 9.17) is 11.6 Å². The van der Waals surface area contributed by atoms with E-state index in [1.807, 2.05) is 26.0 Å². The number of halogens is 1. The Kier molecular flexibility index (Phi) is 4.19. The summed E-state index contributed by atoms with van der Waals surface area (Å²) in [5.74, 6) is 0. The number of anilines is 1. The van der Waals surface area contributed by atoms with Gasteiger partial charge in [0.15, 0.2) is 9.75 Å². The highest BCUT2D eigenvalue weighted by Gasteiger charge is 2.41. The zero-order valence-electron chi connectivity index (χ0n) is 9.88. The van der Waals surface area contributed by atoms with Gasteiger partial charge < -0.3 is 0 Å². The number of rotatable bonds is 3. The van der Waals surface area contributed by atoms with Gasteiger partial charge >= 0.3 is 0 Å². The highest BCUT2D eigenvalue weighted by Crippen LogP contribution is 2.47. The summed E-state index contributed by atoms with van der Waals surface area (Å²) in [5.41, 5.74) is 3.80. The fourth-order valence-electron chi connectivity index (χ4n) is 1.37. The third-order valence-electron chi connectivity index (χ3n) is 2.37. The van der Waals surface area contributed by atoms with Crippen LogP contribution in [0.4, 0.5) is 5.69 Å². The monoisotopic (exact) mass is 301 g/mol. The molecule has 7 heteroatoms. The van der Waals surface area contributed by atoms with Gasteiger partial charge in [-0.05, 0) is 38.1 Å². The smallest absolute Gasteiger partial charge is 0.158 e. The molecule has 1 aliphatic rings. The van der Waals surface area contributed by atoms with Gasteiger partial charge in [-0.2, -0.15) is 5.10 Å². The average molecular weight is 302 g/mol. The largest absolute Gasteiger partial charge is 0.277 e. The van der Waals surface area contributed by atoms with Gasteiger partial charge in [0.05, 0.1) is 10.4 Å². The van der Waals surface area contributed by atoms with E-state index in [-0.39, 0.29) is 10.1 Å². The van der Waals surface area contributed by atoms with Crippen LogP contribution in [0.25, 0.3) is 0 Å². The van der Waals surface area contributed by atoms with Gasteiger partial charge in [0, 0.05) is 5.02 Å². The third kappa shape index (κ3) is 3.18. The van der Waals surface area contributed by atoms with Crippen molar-refractivity contribution >= 4 is 45.2 Å². The van der Waals surface area contributed by atoms with Crippen molar-refractivity contribution in [1.29, 1.82) is 0 Å². The van der Waals surface area contributed by atoms with Crippen LogP contribution in [0.3, 0.4) is 0 Å². The first-order valence-corrected chi connectivity index (χ1v) is 7.36. The van der Waals surface area contributed by atoms with Crippen LogP contribution < -0.4 is 5.43 Å². The first-order chi connectivity index (χ1) is 8.51.